The second kappa shape index (κ2) is 7.72. The Kier molecular flexibility index (Phi) is 5.94. The molecule has 0 heterocycles. The summed E-state index contributed by atoms with van der Waals surface area (Å²) in [7, 11) is 3.11. The third-order valence-corrected chi connectivity index (χ3v) is 3.84. The third-order valence-electron chi connectivity index (χ3n) is 3.04. The molecule has 0 aliphatic heterocycles. The summed E-state index contributed by atoms with van der Waals surface area (Å²) in [6.07, 6.45) is 5.64. The van der Waals surface area contributed by atoms with Gasteiger partial charge in [-0.15, -0.1) is 0 Å². The summed E-state index contributed by atoms with van der Waals surface area (Å²) < 4.78 is 10.5. The molecule has 1 aliphatic rings. The highest BCUT2D eigenvalue weighted by molar-refractivity contribution is 7.80. The van der Waals surface area contributed by atoms with Crippen molar-refractivity contribution in [1.82, 2.24) is 5.32 Å². The van der Waals surface area contributed by atoms with Crippen molar-refractivity contribution in [3.8, 4) is 11.5 Å². The van der Waals surface area contributed by atoms with E-state index in [4.69, 9.17) is 44.9 Å². The Bertz CT molecular complexity index is 645. The predicted molar refractivity (Wildman–Crippen MR) is 95.2 cm³/mol. The number of hydrogen-bond acceptors (Lipinski definition) is 3. The average molecular weight is 359 g/mol. The van der Waals surface area contributed by atoms with Crippen molar-refractivity contribution in [2.45, 2.75) is 12.8 Å². The van der Waals surface area contributed by atoms with E-state index in [-0.39, 0.29) is 0 Å². The molecule has 0 spiro atoms. The largest absolute Gasteiger partial charge is 0.495 e. The molecule has 7 heteroatoms. The number of hydrogen-bond donors (Lipinski definition) is 2. The van der Waals surface area contributed by atoms with Gasteiger partial charge in [-0.3, -0.25) is 0 Å². The molecule has 0 fully saturated rings. The number of allylic oxidation sites excluding steroid dienone is 3. The van der Waals surface area contributed by atoms with Crippen molar-refractivity contribution in [3.63, 3.8) is 0 Å². The number of ether oxygens (including phenoxy) is 2. The monoisotopic (exact) mass is 358 g/mol. The summed E-state index contributed by atoms with van der Waals surface area (Å²) in [5, 5.41) is 7.84. The number of benzene rings is 1. The second-order valence-corrected chi connectivity index (χ2v) is 5.86. The van der Waals surface area contributed by atoms with Crippen molar-refractivity contribution in [3.05, 3.63) is 40.0 Å². The van der Waals surface area contributed by atoms with Crippen molar-refractivity contribution >= 4 is 46.2 Å². The number of nitrogens with one attached hydrogen (secondary N) is 2. The van der Waals surface area contributed by atoms with Gasteiger partial charge in [0.1, 0.15) is 11.5 Å². The van der Waals surface area contributed by atoms with E-state index in [0.717, 1.165) is 23.6 Å². The van der Waals surface area contributed by atoms with Crippen LogP contribution < -0.4 is 20.1 Å². The van der Waals surface area contributed by atoms with Crippen LogP contribution in [0.1, 0.15) is 12.8 Å². The summed E-state index contributed by atoms with van der Waals surface area (Å²) in [4.78, 5) is 0. The molecule has 2 N–H and O–H groups in total. The molecular formula is C15H16Cl2N2O2S. The second-order valence-electron chi connectivity index (χ2n) is 4.56. The Morgan fingerprint density at radius 2 is 1.86 bits per heavy atom. The van der Waals surface area contributed by atoms with Gasteiger partial charge in [-0.1, -0.05) is 29.3 Å². The number of anilines is 1. The lowest BCUT2D eigenvalue weighted by Gasteiger charge is -2.17. The van der Waals surface area contributed by atoms with E-state index in [1.807, 2.05) is 12.2 Å². The van der Waals surface area contributed by atoms with Crippen LogP contribution in [-0.2, 0) is 0 Å². The van der Waals surface area contributed by atoms with Crippen LogP contribution in [-0.4, -0.2) is 19.3 Å². The van der Waals surface area contributed by atoms with Gasteiger partial charge in [0.05, 0.1) is 24.9 Å². The molecule has 1 aromatic rings. The summed E-state index contributed by atoms with van der Waals surface area (Å²) >= 11 is 17.5. The molecule has 0 atom stereocenters. The van der Waals surface area contributed by atoms with Gasteiger partial charge in [0.15, 0.2) is 5.11 Å². The first kappa shape index (κ1) is 16.9. The molecule has 0 bridgehead atoms. The minimum atomic E-state index is 0.424. The van der Waals surface area contributed by atoms with Crippen LogP contribution in [0.4, 0.5) is 5.69 Å². The summed E-state index contributed by atoms with van der Waals surface area (Å²) in [5.74, 6) is 1.12. The fourth-order valence-electron chi connectivity index (χ4n) is 1.99. The molecule has 22 heavy (non-hydrogen) atoms. The molecule has 4 nitrogen and oxygen atoms in total. The fraction of sp³-hybridized carbons (Fsp3) is 0.267. The molecule has 0 saturated carbocycles. The van der Waals surface area contributed by atoms with Crippen LogP contribution in [0.2, 0.25) is 5.02 Å². The van der Waals surface area contributed by atoms with Gasteiger partial charge in [0, 0.05) is 16.8 Å². The lowest BCUT2D eigenvalue weighted by Crippen LogP contribution is -2.28. The Labute approximate surface area is 145 Å². The van der Waals surface area contributed by atoms with Crippen LogP contribution in [0.15, 0.2) is 35.0 Å². The highest BCUT2D eigenvalue weighted by Gasteiger charge is 2.12. The maximum atomic E-state index is 6.13. The van der Waals surface area contributed by atoms with Gasteiger partial charge in [-0.25, -0.2) is 0 Å². The first-order valence-corrected chi connectivity index (χ1v) is 7.75. The van der Waals surface area contributed by atoms with Crippen LogP contribution >= 0.6 is 35.4 Å². The first-order valence-electron chi connectivity index (χ1n) is 6.59. The van der Waals surface area contributed by atoms with Gasteiger partial charge in [0.25, 0.3) is 0 Å². The molecule has 0 radical (unpaired) electrons. The highest BCUT2D eigenvalue weighted by Crippen LogP contribution is 2.35. The normalized spacial score (nSPS) is 13.8. The zero-order chi connectivity index (χ0) is 16.1. The Balaban J connectivity index is 2.11. The van der Waals surface area contributed by atoms with Gasteiger partial charge in [-0.05, 0) is 37.2 Å². The molecule has 0 unspecified atom stereocenters. The SMILES string of the molecule is COc1cc(OC)c(NC(=S)NC2=CCCC(Cl)=C2)cc1Cl. The van der Waals surface area contributed by atoms with Crippen molar-refractivity contribution in [1.29, 1.82) is 0 Å². The van der Waals surface area contributed by atoms with Gasteiger partial charge in [0.2, 0.25) is 0 Å². The smallest absolute Gasteiger partial charge is 0.175 e. The Hall–Kier alpha value is -1.43. The molecule has 118 valence electrons. The Morgan fingerprint density at radius 1 is 1.14 bits per heavy atom. The van der Waals surface area contributed by atoms with E-state index in [1.165, 1.54) is 0 Å². The molecule has 1 aromatic carbocycles. The molecule has 2 rings (SSSR count). The first-order chi connectivity index (χ1) is 10.5. The van der Waals surface area contributed by atoms with Crippen LogP contribution in [0, 0.1) is 0 Å². The van der Waals surface area contributed by atoms with Crippen LogP contribution in [0.25, 0.3) is 0 Å². The van der Waals surface area contributed by atoms with Crippen molar-refractivity contribution in [2.24, 2.45) is 0 Å². The zero-order valence-electron chi connectivity index (χ0n) is 12.2. The third kappa shape index (κ3) is 4.29. The zero-order valence-corrected chi connectivity index (χ0v) is 14.5. The van der Waals surface area contributed by atoms with Crippen molar-refractivity contribution in [2.75, 3.05) is 19.5 Å². The number of rotatable bonds is 4. The Morgan fingerprint density at radius 3 is 2.50 bits per heavy atom. The quantitative estimate of drug-likeness (QED) is 0.778. The van der Waals surface area contributed by atoms with E-state index in [2.05, 4.69) is 10.6 Å². The van der Waals surface area contributed by atoms with Crippen LogP contribution in [0.5, 0.6) is 11.5 Å². The van der Waals surface area contributed by atoms with E-state index < -0.39 is 0 Å². The van der Waals surface area contributed by atoms with Gasteiger partial charge in [-0.2, -0.15) is 0 Å². The molecule has 0 amide bonds. The maximum absolute atomic E-state index is 6.13. The summed E-state index contributed by atoms with van der Waals surface area (Å²) in [6.45, 7) is 0. The average Bonchev–Trinajstić information content (AvgIpc) is 2.47. The lowest BCUT2D eigenvalue weighted by atomic mass is 10.1. The summed E-state index contributed by atoms with van der Waals surface area (Å²) in [6, 6.07) is 3.40. The lowest BCUT2D eigenvalue weighted by molar-refractivity contribution is 0.396. The number of halogens is 2. The molecular weight excluding hydrogens is 343 g/mol. The maximum Gasteiger partial charge on any atom is 0.175 e. The highest BCUT2D eigenvalue weighted by atomic mass is 35.5. The summed E-state index contributed by atoms with van der Waals surface area (Å²) in [5.41, 5.74) is 1.52. The van der Waals surface area contributed by atoms with Crippen LogP contribution in [0.3, 0.4) is 0 Å². The molecule has 0 aromatic heterocycles. The minimum absolute atomic E-state index is 0.424. The number of methoxy groups -OCH3 is 2. The predicted octanol–water partition coefficient (Wildman–Crippen LogP) is 4.44. The van der Waals surface area contributed by atoms with E-state index in [1.54, 1.807) is 26.4 Å². The van der Waals surface area contributed by atoms with E-state index in [0.29, 0.717) is 27.3 Å². The molecule has 1 aliphatic carbocycles. The van der Waals surface area contributed by atoms with Gasteiger partial charge >= 0.3 is 0 Å². The standard InChI is InChI=1S/C15H16Cl2N2O2S/c1-20-13-8-14(21-2)12(7-11(13)17)19-15(22)18-10-5-3-4-9(16)6-10/h5-8H,3-4H2,1-2H3,(H2,18,19,22). The van der Waals surface area contributed by atoms with E-state index >= 15 is 0 Å². The van der Waals surface area contributed by atoms with Crippen molar-refractivity contribution < 1.29 is 9.47 Å². The topological polar surface area (TPSA) is 42.5 Å². The molecule has 0 saturated heterocycles. The van der Waals surface area contributed by atoms with Gasteiger partial charge < -0.3 is 20.1 Å². The number of thiocarbonyl (C=S) groups is 1. The fourth-order valence-corrected chi connectivity index (χ4v) is 2.69. The van der Waals surface area contributed by atoms with E-state index in [9.17, 15) is 0 Å². The minimum Gasteiger partial charge on any atom is -0.495 e.